The second kappa shape index (κ2) is 6.49. The molecule has 1 atom stereocenters. The first kappa shape index (κ1) is 11.4. The van der Waals surface area contributed by atoms with E-state index >= 15 is 0 Å². The van der Waals surface area contributed by atoms with Crippen LogP contribution in [-0.2, 0) is 4.74 Å². The molecule has 88 valence electrons. The first-order valence-corrected chi connectivity index (χ1v) is 6.79. The second-order valence-electron chi connectivity index (χ2n) is 5.08. The zero-order chi connectivity index (χ0) is 10.3. The Kier molecular flexibility index (Phi) is 4.94. The lowest BCUT2D eigenvalue weighted by Crippen LogP contribution is -2.30. The van der Waals surface area contributed by atoms with Gasteiger partial charge in [-0.25, -0.2) is 0 Å². The molecule has 2 aliphatic heterocycles. The van der Waals surface area contributed by atoms with E-state index in [1.54, 1.807) is 0 Å². The van der Waals surface area contributed by atoms with Gasteiger partial charge in [-0.05, 0) is 25.9 Å². The van der Waals surface area contributed by atoms with Gasteiger partial charge in [-0.1, -0.05) is 38.5 Å². The Morgan fingerprint density at radius 1 is 0.800 bits per heavy atom. The Bertz CT molecular complexity index is 156. The molecule has 0 amide bonds. The van der Waals surface area contributed by atoms with E-state index in [-0.39, 0.29) is 0 Å². The van der Waals surface area contributed by atoms with E-state index in [0.29, 0.717) is 6.10 Å². The first-order chi connectivity index (χ1) is 7.45. The molecule has 1 unspecified atom stereocenters. The van der Waals surface area contributed by atoms with Crippen LogP contribution in [0.1, 0.15) is 51.4 Å². The topological polar surface area (TPSA) is 15.8 Å². The van der Waals surface area contributed by atoms with Crippen LogP contribution in [0.15, 0.2) is 0 Å². The van der Waals surface area contributed by atoms with Gasteiger partial charge in [0, 0.05) is 6.54 Å². The van der Waals surface area contributed by atoms with Gasteiger partial charge in [0.1, 0.15) is 0 Å². The summed E-state index contributed by atoms with van der Waals surface area (Å²) in [5.74, 6) is 0. The summed E-state index contributed by atoms with van der Waals surface area (Å²) in [7, 11) is 0. The van der Waals surface area contributed by atoms with Crippen molar-refractivity contribution in [2.45, 2.75) is 57.5 Å². The van der Waals surface area contributed by atoms with Crippen molar-refractivity contribution in [2.75, 3.05) is 26.2 Å². The molecular formula is C13H25NO. The van der Waals surface area contributed by atoms with Crippen molar-refractivity contribution in [3.05, 3.63) is 0 Å². The molecule has 2 saturated heterocycles. The lowest BCUT2D eigenvalue weighted by atomic mass is 10.1. The quantitative estimate of drug-likeness (QED) is 0.653. The maximum Gasteiger partial charge on any atom is 0.0936 e. The van der Waals surface area contributed by atoms with Crippen LogP contribution < -0.4 is 0 Å². The molecule has 0 aromatic carbocycles. The molecule has 2 heterocycles. The van der Waals surface area contributed by atoms with Crippen LogP contribution in [0.3, 0.4) is 0 Å². The highest BCUT2D eigenvalue weighted by molar-refractivity contribution is 4.74. The fraction of sp³-hybridized carbons (Fsp3) is 1.00. The third kappa shape index (κ3) is 4.98. The van der Waals surface area contributed by atoms with Crippen molar-refractivity contribution in [2.24, 2.45) is 0 Å². The highest BCUT2D eigenvalue weighted by Crippen LogP contribution is 2.15. The molecule has 0 saturated carbocycles. The maximum absolute atomic E-state index is 5.32. The van der Waals surface area contributed by atoms with Crippen LogP contribution in [0.5, 0.6) is 0 Å². The van der Waals surface area contributed by atoms with Crippen LogP contribution >= 0.6 is 0 Å². The summed E-state index contributed by atoms with van der Waals surface area (Å²) >= 11 is 0. The summed E-state index contributed by atoms with van der Waals surface area (Å²) in [5, 5.41) is 0. The van der Waals surface area contributed by atoms with E-state index in [4.69, 9.17) is 4.74 Å². The van der Waals surface area contributed by atoms with Crippen molar-refractivity contribution in [3.8, 4) is 0 Å². The molecule has 2 heteroatoms. The fourth-order valence-corrected chi connectivity index (χ4v) is 2.49. The van der Waals surface area contributed by atoms with E-state index in [9.17, 15) is 0 Å². The molecule has 0 bridgehead atoms. The predicted octanol–water partition coefficient (Wildman–Crippen LogP) is 2.82. The predicted molar refractivity (Wildman–Crippen MR) is 63.1 cm³/mol. The van der Waals surface area contributed by atoms with Gasteiger partial charge < -0.3 is 9.64 Å². The average molecular weight is 211 g/mol. The SMILES string of the molecule is C1CCCCCN(CC2CO2)CCCC1. The van der Waals surface area contributed by atoms with Crippen LogP contribution in [0, 0.1) is 0 Å². The summed E-state index contributed by atoms with van der Waals surface area (Å²) in [4.78, 5) is 2.63. The lowest BCUT2D eigenvalue weighted by molar-refractivity contribution is 0.234. The Balaban J connectivity index is 1.68. The standard InChI is InChI=1S/C13H25NO/c1-2-4-6-8-10-14(9-7-5-3-1)11-13-12-15-13/h13H,1-12H2. The smallest absolute Gasteiger partial charge is 0.0936 e. The Morgan fingerprint density at radius 2 is 1.27 bits per heavy atom. The molecular weight excluding hydrogens is 186 g/mol. The van der Waals surface area contributed by atoms with Crippen LogP contribution in [0.4, 0.5) is 0 Å². The zero-order valence-electron chi connectivity index (χ0n) is 9.92. The van der Waals surface area contributed by atoms with Gasteiger partial charge in [0.05, 0.1) is 12.7 Å². The van der Waals surface area contributed by atoms with Crippen molar-refractivity contribution in [1.29, 1.82) is 0 Å². The van der Waals surface area contributed by atoms with Crippen molar-refractivity contribution >= 4 is 0 Å². The number of rotatable bonds is 2. The Morgan fingerprint density at radius 3 is 1.73 bits per heavy atom. The number of hydrogen-bond acceptors (Lipinski definition) is 2. The van der Waals surface area contributed by atoms with Gasteiger partial charge in [0.15, 0.2) is 0 Å². The normalized spacial score (nSPS) is 30.8. The van der Waals surface area contributed by atoms with E-state index < -0.39 is 0 Å². The molecule has 2 aliphatic rings. The molecule has 2 rings (SSSR count). The largest absolute Gasteiger partial charge is 0.372 e. The third-order valence-corrected chi connectivity index (χ3v) is 3.56. The molecule has 0 aromatic rings. The molecule has 15 heavy (non-hydrogen) atoms. The van der Waals surface area contributed by atoms with E-state index in [1.165, 1.54) is 71.0 Å². The average Bonchev–Trinajstić information content (AvgIpc) is 3.03. The van der Waals surface area contributed by atoms with Crippen LogP contribution in [0.2, 0.25) is 0 Å². The third-order valence-electron chi connectivity index (χ3n) is 3.56. The highest BCUT2D eigenvalue weighted by atomic mass is 16.6. The molecule has 0 radical (unpaired) electrons. The minimum absolute atomic E-state index is 0.579. The molecule has 0 aliphatic carbocycles. The number of nitrogens with zero attached hydrogens (tertiary/aromatic N) is 1. The van der Waals surface area contributed by atoms with Gasteiger partial charge in [0.25, 0.3) is 0 Å². The van der Waals surface area contributed by atoms with Gasteiger partial charge in [-0.3, -0.25) is 0 Å². The summed E-state index contributed by atoms with van der Waals surface area (Å²) < 4.78 is 5.32. The Labute approximate surface area is 94.0 Å². The summed E-state index contributed by atoms with van der Waals surface area (Å²) in [6.07, 6.45) is 12.1. The van der Waals surface area contributed by atoms with Crippen molar-refractivity contribution in [1.82, 2.24) is 4.90 Å². The minimum Gasteiger partial charge on any atom is -0.372 e. The zero-order valence-corrected chi connectivity index (χ0v) is 9.92. The van der Waals surface area contributed by atoms with Crippen molar-refractivity contribution in [3.63, 3.8) is 0 Å². The van der Waals surface area contributed by atoms with E-state index in [2.05, 4.69) is 4.90 Å². The van der Waals surface area contributed by atoms with Crippen LogP contribution in [-0.4, -0.2) is 37.2 Å². The van der Waals surface area contributed by atoms with Crippen molar-refractivity contribution < 1.29 is 4.74 Å². The molecule has 0 aromatic heterocycles. The maximum atomic E-state index is 5.32. The molecule has 0 N–H and O–H groups in total. The summed E-state index contributed by atoms with van der Waals surface area (Å²) in [6.45, 7) is 4.82. The summed E-state index contributed by atoms with van der Waals surface area (Å²) in [6, 6.07) is 0. The van der Waals surface area contributed by atoms with Crippen LogP contribution in [0.25, 0.3) is 0 Å². The number of epoxide rings is 1. The first-order valence-electron chi connectivity index (χ1n) is 6.79. The number of hydrogen-bond donors (Lipinski definition) is 0. The van der Waals surface area contributed by atoms with E-state index in [0.717, 1.165) is 6.61 Å². The second-order valence-corrected chi connectivity index (χ2v) is 5.08. The van der Waals surface area contributed by atoms with Gasteiger partial charge in [-0.15, -0.1) is 0 Å². The fourth-order valence-electron chi connectivity index (χ4n) is 2.49. The monoisotopic (exact) mass is 211 g/mol. The summed E-state index contributed by atoms with van der Waals surface area (Å²) in [5.41, 5.74) is 0. The Hall–Kier alpha value is -0.0800. The van der Waals surface area contributed by atoms with Gasteiger partial charge in [-0.2, -0.15) is 0 Å². The lowest BCUT2D eigenvalue weighted by Gasteiger charge is -2.20. The van der Waals surface area contributed by atoms with Gasteiger partial charge >= 0.3 is 0 Å². The van der Waals surface area contributed by atoms with E-state index in [1.807, 2.05) is 0 Å². The minimum atomic E-state index is 0.579. The number of ether oxygens (including phenoxy) is 1. The molecule has 0 spiro atoms. The molecule has 2 nitrogen and oxygen atoms in total. The molecule has 2 fully saturated rings. The van der Waals surface area contributed by atoms with Gasteiger partial charge in [0.2, 0.25) is 0 Å². The highest BCUT2D eigenvalue weighted by Gasteiger charge is 2.24.